The standard InChI is InChI=1S/C25H25N3O3/c1-16-5-4-6-20(11-16)28-10-9-27(15-17(28)2)25(29)23-14-19-12-18-13-21(30-3)7-8-22(18)26-24(19)31-23/h4-8,11-14,17H,9-10,15H2,1-3H3. The Balaban J connectivity index is 1.38. The molecule has 5 rings (SSSR count). The molecule has 2 aromatic heterocycles. The fraction of sp³-hybridized carbons (Fsp3) is 0.280. The number of pyridine rings is 1. The van der Waals surface area contributed by atoms with E-state index in [4.69, 9.17) is 9.15 Å². The van der Waals surface area contributed by atoms with E-state index in [9.17, 15) is 4.79 Å². The van der Waals surface area contributed by atoms with Crippen molar-refractivity contribution in [3.8, 4) is 5.75 Å². The Morgan fingerprint density at radius 3 is 2.74 bits per heavy atom. The summed E-state index contributed by atoms with van der Waals surface area (Å²) in [5.74, 6) is 1.02. The van der Waals surface area contributed by atoms with E-state index >= 15 is 0 Å². The van der Waals surface area contributed by atoms with Crippen LogP contribution < -0.4 is 9.64 Å². The lowest BCUT2D eigenvalue weighted by molar-refractivity contribution is 0.0696. The van der Waals surface area contributed by atoms with Gasteiger partial charge in [-0.15, -0.1) is 0 Å². The number of rotatable bonds is 3. The maximum absolute atomic E-state index is 13.2. The molecule has 1 aliphatic heterocycles. The Kier molecular flexibility index (Phi) is 4.77. The van der Waals surface area contributed by atoms with Gasteiger partial charge in [-0.3, -0.25) is 4.79 Å². The number of ether oxygens (including phenoxy) is 1. The van der Waals surface area contributed by atoms with Crippen molar-refractivity contribution in [1.82, 2.24) is 9.88 Å². The van der Waals surface area contributed by atoms with Crippen molar-refractivity contribution in [2.45, 2.75) is 19.9 Å². The Hall–Kier alpha value is -3.54. The number of aromatic nitrogens is 1. The van der Waals surface area contributed by atoms with Crippen LogP contribution in [-0.4, -0.2) is 48.6 Å². The van der Waals surface area contributed by atoms with Gasteiger partial charge in [-0.1, -0.05) is 12.1 Å². The molecule has 31 heavy (non-hydrogen) atoms. The zero-order chi connectivity index (χ0) is 21.5. The summed E-state index contributed by atoms with van der Waals surface area (Å²) < 4.78 is 11.2. The molecule has 0 N–H and O–H groups in total. The van der Waals surface area contributed by atoms with Gasteiger partial charge in [0.2, 0.25) is 5.71 Å². The number of piperazine rings is 1. The van der Waals surface area contributed by atoms with Crippen molar-refractivity contribution in [2.24, 2.45) is 0 Å². The highest BCUT2D eigenvalue weighted by Gasteiger charge is 2.29. The van der Waals surface area contributed by atoms with Crippen LogP contribution in [0.4, 0.5) is 5.69 Å². The Labute approximate surface area is 181 Å². The van der Waals surface area contributed by atoms with E-state index in [2.05, 4.69) is 48.0 Å². The van der Waals surface area contributed by atoms with Gasteiger partial charge in [-0.25, -0.2) is 4.98 Å². The van der Waals surface area contributed by atoms with E-state index in [1.54, 1.807) is 13.2 Å². The third-order valence-electron chi connectivity index (χ3n) is 5.97. The minimum absolute atomic E-state index is 0.0876. The summed E-state index contributed by atoms with van der Waals surface area (Å²) in [4.78, 5) is 22.0. The summed E-state index contributed by atoms with van der Waals surface area (Å²) in [7, 11) is 1.64. The van der Waals surface area contributed by atoms with Gasteiger partial charge in [-0.05, 0) is 61.9 Å². The Morgan fingerprint density at radius 2 is 1.97 bits per heavy atom. The molecule has 6 heteroatoms. The lowest BCUT2D eigenvalue weighted by Gasteiger charge is -2.41. The SMILES string of the molecule is COc1ccc2nc3oc(C(=O)N4CCN(c5cccc(C)c5)C(C)C4)cc3cc2c1. The van der Waals surface area contributed by atoms with Gasteiger partial charge in [-0.2, -0.15) is 0 Å². The first-order valence-electron chi connectivity index (χ1n) is 10.5. The molecule has 1 atom stereocenters. The zero-order valence-electron chi connectivity index (χ0n) is 18.0. The van der Waals surface area contributed by atoms with Gasteiger partial charge in [0.25, 0.3) is 5.91 Å². The highest BCUT2D eigenvalue weighted by molar-refractivity contribution is 5.98. The molecule has 158 valence electrons. The monoisotopic (exact) mass is 415 g/mol. The summed E-state index contributed by atoms with van der Waals surface area (Å²) in [6.45, 7) is 6.35. The predicted octanol–water partition coefficient (Wildman–Crippen LogP) is 4.65. The van der Waals surface area contributed by atoms with E-state index in [-0.39, 0.29) is 11.9 Å². The second kappa shape index (κ2) is 7.61. The van der Waals surface area contributed by atoms with Crippen LogP contribution in [0.5, 0.6) is 5.75 Å². The van der Waals surface area contributed by atoms with Gasteiger partial charge < -0.3 is 19.0 Å². The van der Waals surface area contributed by atoms with Crippen molar-refractivity contribution >= 4 is 33.6 Å². The van der Waals surface area contributed by atoms with Crippen LogP contribution in [0, 0.1) is 6.92 Å². The van der Waals surface area contributed by atoms with Crippen LogP contribution in [-0.2, 0) is 0 Å². The number of fused-ring (bicyclic) bond motifs is 2. The molecule has 1 fully saturated rings. The molecule has 1 unspecified atom stereocenters. The normalized spacial score (nSPS) is 16.8. The molecule has 0 bridgehead atoms. The molecule has 3 heterocycles. The first-order chi connectivity index (χ1) is 15.0. The van der Waals surface area contributed by atoms with Crippen LogP contribution in [0.15, 0.2) is 59.0 Å². The van der Waals surface area contributed by atoms with Crippen LogP contribution in [0.25, 0.3) is 22.0 Å². The molecular weight excluding hydrogens is 390 g/mol. The molecule has 0 spiro atoms. The van der Waals surface area contributed by atoms with Gasteiger partial charge in [0, 0.05) is 42.1 Å². The van der Waals surface area contributed by atoms with Crippen LogP contribution in [0.3, 0.4) is 0 Å². The second-order valence-electron chi connectivity index (χ2n) is 8.18. The molecule has 6 nitrogen and oxygen atoms in total. The minimum Gasteiger partial charge on any atom is -0.497 e. The minimum atomic E-state index is -0.0876. The van der Waals surface area contributed by atoms with Gasteiger partial charge in [0.1, 0.15) is 5.75 Å². The summed E-state index contributed by atoms with van der Waals surface area (Å²) in [6.07, 6.45) is 0. The average Bonchev–Trinajstić information content (AvgIpc) is 3.19. The summed E-state index contributed by atoms with van der Waals surface area (Å²) in [5, 5.41) is 1.77. The van der Waals surface area contributed by atoms with Gasteiger partial charge in [0.15, 0.2) is 5.76 Å². The number of aryl methyl sites for hydroxylation is 1. The lowest BCUT2D eigenvalue weighted by atomic mass is 10.1. The van der Waals surface area contributed by atoms with Crippen molar-refractivity contribution in [3.05, 3.63) is 65.9 Å². The van der Waals surface area contributed by atoms with E-state index in [1.807, 2.05) is 29.2 Å². The number of carbonyl (C=O) groups is 1. The quantitative estimate of drug-likeness (QED) is 0.488. The molecule has 1 aliphatic rings. The number of nitrogens with zero attached hydrogens (tertiary/aromatic N) is 3. The molecule has 0 aliphatic carbocycles. The molecule has 0 radical (unpaired) electrons. The highest BCUT2D eigenvalue weighted by atomic mass is 16.5. The van der Waals surface area contributed by atoms with Gasteiger partial charge >= 0.3 is 0 Å². The number of hydrogen-bond donors (Lipinski definition) is 0. The van der Waals surface area contributed by atoms with Crippen LogP contribution in [0.1, 0.15) is 23.0 Å². The second-order valence-corrected chi connectivity index (χ2v) is 8.18. The van der Waals surface area contributed by atoms with E-state index in [1.165, 1.54) is 11.3 Å². The van der Waals surface area contributed by atoms with Crippen LogP contribution >= 0.6 is 0 Å². The summed E-state index contributed by atoms with van der Waals surface area (Å²) >= 11 is 0. The molecule has 1 saturated heterocycles. The average molecular weight is 415 g/mol. The van der Waals surface area contributed by atoms with Crippen LogP contribution in [0.2, 0.25) is 0 Å². The van der Waals surface area contributed by atoms with E-state index in [0.29, 0.717) is 24.6 Å². The largest absolute Gasteiger partial charge is 0.497 e. The summed E-state index contributed by atoms with van der Waals surface area (Å²) in [5.41, 5.74) is 3.73. The number of methoxy groups -OCH3 is 1. The Morgan fingerprint density at radius 1 is 1.10 bits per heavy atom. The summed E-state index contributed by atoms with van der Waals surface area (Å²) in [6, 6.07) is 18.2. The number of benzene rings is 2. The maximum atomic E-state index is 13.2. The smallest absolute Gasteiger partial charge is 0.289 e. The third kappa shape index (κ3) is 3.58. The number of anilines is 1. The maximum Gasteiger partial charge on any atom is 0.289 e. The predicted molar refractivity (Wildman–Crippen MR) is 122 cm³/mol. The zero-order valence-corrected chi connectivity index (χ0v) is 18.0. The lowest BCUT2D eigenvalue weighted by Crippen LogP contribution is -2.53. The van der Waals surface area contributed by atoms with Crippen molar-refractivity contribution in [2.75, 3.05) is 31.6 Å². The fourth-order valence-corrected chi connectivity index (χ4v) is 4.33. The molecule has 2 aromatic carbocycles. The number of furan rings is 1. The number of hydrogen-bond acceptors (Lipinski definition) is 5. The Bertz CT molecular complexity index is 1280. The first-order valence-corrected chi connectivity index (χ1v) is 10.5. The highest BCUT2D eigenvalue weighted by Crippen LogP contribution is 2.27. The molecule has 0 saturated carbocycles. The number of carbonyl (C=O) groups excluding carboxylic acids is 1. The topological polar surface area (TPSA) is 58.8 Å². The van der Waals surface area contributed by atoms with Gasteiger partial charge in [0.05, 0.1) is 12.6 Å². The molecular formula is C25H25N3O3. The number of amides is 1. The first kappa shape index (κ1) is 19.4. The van der Waals surface area contributed by atoms with E-state index < -0.39 is 0 Å². The fourth-order valence-electron chi connectivity index (χ4n) is 4.33. The molecule has 1 amide bonds. The van der Waals surface area contributed by atoms with Crippen molar-refractivity contribution < 1.29 is 13.9 Å². The van der Waals surface area contributed by atoms with Crippen molar-refractivity contribution in [3.63, 3.8) is 0 Å². The van der Waals surface area contributed by atoms with Crippen molar-refractivity contribution in [1.29, 1.82) is 0 Å². The third-order valence-corrected chi connectivity index (χ3v) is 5.97. The van der Waals surface area contributed by atoms with E-state index in [0.717, 1.165) is 28.6 Å². The molecule has 4 aromatic rings.